The summed E-state index contributed by atoms with van der Waals surface area (Å²) in [5, 5.41) is 0. The van der Waals surface area contributed by atoms with Crippen LogP contribution in [0.4, 0.5) is 0 Å². The number of hydrogen-bond donors (Lipinski definition) is 0. The van der Waals surface area contributed by atoms with Gasteiger partial charge < -0.3 is 19.3 Å². The van der Waals surface area contributed by atoms with Crippen LogP contribution in [-0.4, -0.2) is 70.1 Å². The van der Waals surface area contributed by atoms with Crippen molar-refractivity contribution in [1.29, 1.82) is 0 Å². The third kappa shape index (κ3) is 6.61. The number of ketones is 1. The lowest BCUT2D eigenvalue weighted by molar-refractivity contribution is -0.115. The Morgan fingerprint density at radius 2 is 1.47 bits per heavy atom. The quantitative estimate of drug-likeness (QED) is 0.498. The van der Waals surface area contributed by atoms with Crippen molar-refractivity contribution in [2.75, 3.05) is 54.5 Å². The molecule has 0 fully saturated rings. The third-order valence-electron chi connectivity index (χ3n) is 4.80. The van der Waals surface area contributed by atoms with Gasteiger partial charge in [0, 0.05) is 18.7 Å². The van der Waals surface area contributed by atoms with Crippen molar-refractivity contribution in [3.8, 4) is 5.75 Å². The fraction of sp³-hybridized carbons (Fsp3) is 0.435. The van der Waals surface area contributed by atoms with E-state index in [1.165, 1.54) is 0 Å². The van der Waals surface area contributed by atoms with Gasteiger partial charge in [0.25, 0.3) is 0 Å². The van der Waals surface area contributed by atoms with Crippen LogP contribution in [0.5, 0.6) is 5.75 Å². The molecule has 1 aromatic rings. The summed E-state index contributed by atoms with van der Waals surface area (Å²) in [7, 11) is 8.17. The minimum Gasteiger partial charge on any atom is -0.494 e. The van der Waals surface area contributed by atoms with Crippen LogP contribution in [0.15, 0.2) is 41.7 Å². The van der Waals surface area contributed by atoms with Gasteiger partial charge in [0.1, 0.15) is 5.75 Å². The number of allylic oxidation sites excluding steroid dienone is 4. The lowest BCUT2D eigenvalue weighted by Gasteiger charge is -2.16. The van der Waals surface area contributed by atoms with Crippen LogP contribution in [-0.2, 0) is 9.53 Å². The summed E-state index contributed by atoms with van der Waals surface area (Å²) in [5.41, 5.74) is 3.79. The van der Waals surface area contributed by atoms with Crippen LogP contribution in [0.25, 0.3) is 11.6 Å². The highest BCUT2D eigenvalue weighted by Gasteiger charge is 2.29. The Bertz CT molecular complexity index is 830. The molecule has 0 aliphatic heterocycles. The molecular formula is C23H32Cl2N2O3. The molecule has 2 aliphatic carbocycles. The first-order valence-corrected chi connectivity index (χ1v) is 9.84. The molecule has 3 rings (SSSR count). The zero-order valence-corrected chi connectivity index (χ0v) is 19.8. The zero-order chi connectivity index (χ0) is 20.1. The molecule has 0 saturated carbocycles. The second-order valence-electron chi connectivity index (χ2n) is 7.76. The van der Waals surface area contributed by atoms with Crippen LogP contribution in [0.3, 0.4) is 0 Å². The summed E-state index contributed by atoms with van der Waals surface area (Å²) in [4.78, 5) is 17.1. The van der Waals surface area contributed by atoms with E-state index in [0.717, 1.165) is 48.4 Å². The molecular weight excluding hydrogens is 423 g/mol. The van der Waals surface area contributed by atoms with Crippen molar-refractivity contribution >= 4 is 42.2 Å². The zero-order valence-electron chi connectivity index (χ0n) is 18.1. The van der Waals surface area contributed by atoms with E-state index in [-0.39, 0.29) is 30.6 Å². The number of hydrogen-bond acceptors (Lipinski definition) is 5. The molecule has 0 radical (unpaired) electrons. The minimum absolute atomic E-state index is 0. The van der Waals surface area contributed by atoms with E-state index >= 15 is 0 Å². The maximum atomic E-state index is 12.8. The van der Waals surface area contributed by atoms with Gasteiger partial charge in [0.05, 0.1) is 13.2 Å². The van der Waals surface area contributed by atoms with Crippen molar-refractivity contribution in [2.45, 2.75) is 12.8 Å². The largest absolute Gasteiger partial charge is 0.494 e. The summed E-state index contributed by atoms with van der Waals surface area (Å²) in [5.74, 6) is 1.24. The summed E-state index contributed by atoms with van der Waals surface area (Å²) in [6, 6.07) is 6.03. The molecule has 0 amide bonds. The molecule has 5 nitrogen and oxygen atoms in total. The number of carbonyl (C=O) groups excluding carboxylic acids is 1. The molecule has 30 heavy (non-hydrogen) atoms. The number of carbonyl (C=O) groups is 1. The second kappa shape index (κ2) is 12.2. The fourth-order valence-electron chi connectivity index (χ4n) is 3.36. The highest BCUT2D eigenvalue weighted by atomic mass is 35.5. The Morgan fingerprint density at radius 3 is 2.10 bits per heavy atom. The molecule has 0 heterocycles. The monoisotopic (exact) mass is 454 g/mol. The molecule has 0 bridgehead atoms. The SMILES string of the molecule is CN(C)CCCOC1=CC=C2C(=Cc3cc(OCCCN(C)C)ccc32)C1=O.Cl.Cl. The Balaban J connectivity index is 0.00000225. The minimum atomic E-state index is -0.0352. The normalized spacial score (nSPS) is 14.2. The van der Waals surface area contributed by atoms with Crippen molar-refractivity contribution < 1.29 is 14.3 Å². The maximum Gasteiger partial charge on any atom is 0.228 e. The van der Waals surface area contributed by atoms with E-state index in [9.17, 15) is 4.79 Å². The molecule has 1 aromatic carbocycles. The number of rotatable bonds is 10. The Hall–Kier alpha value is -1.79. The third-order valence-corrected chi connectivity index (χ3v) is 4.80. The Kier molecular flexibility index (Phi) is 10.6. The first-order chi connectivity index (χ1) is 13.5. The summed E-state index contributed by atoms with van der Waals surface area (Å²) >= 11 is 0. The molecule has 166 valence electrons. The standard InChI is InChI=1S/C23H30N2O3.2ClH/c1-24(2)11-5-13-27-18-7-8-19-17(15-18)16-21-20(19)9-10-22(23(21)26)28-14-6-12-25(3)4;;/h7-10,15-16H,5-6,11-14H2,1-4H3;2*1H. The van der Waals surface area contributed by atoms with E-state index in [1.54, 1.807) is 6.08 Å². The highest BCUT2D eigenvalue weighted by Crippen LogP contribution is 2.40. The predicted octanol–water partition coefficient (Wildman–Crippen LogP) is 4.08. The Morgan fingerprint density at radius 1 is 0.833 bits per heavy atom. The number of Topliss-reactive ketones (excluding diaryl/α,β-unsaturated/α-hetero) is 1. The second-order valence-corrected chi connectivity index (χ2v) is 7.76. The van der Waals surface area contributed by atoms with Crippen molar-refractivity contribution in [1.82, 2.24) is 9.80 Å². The highest BCUT2D eigenvalue weighted by molar-refractivity contribution is 6.25. The van der Waals surface area contributed by atoms with Gasteiger partial charge in [-0.05, 0) is 88.1 Å². The fourth-order valence-corrected chi connectivity index (χ4v) is 3.36. The lowest BCUT2D eigenvalue weighted by atomic mass is 9.95. The van der Waals surface area contributed by atoms with Crippen LogP contribution in [0, 0.1) is 0 Å². The van der Waals surface area contributed by atoms with Crippen LogP contribution < -0.4 is 4.74 Å². The number of ether oxygens (including phenoxy) is 2. The van der Waals surface area contributed by atoms with Gasteiger partial charge in [0.15, 0.2) is 5.76 Å². The van der Waals surface area contributed by atoms with Crippen molar-refractivity contribution in [3.05, 3.63) is 52.8 Å². The van der Waals surface area contributed by atoms with E-state index in [4.69, 9.17) is 9.47 Å². The number of halogens is 2. The Labute approximate surface area is 192 Å². The molecule has 2 aliphatic rings. The number of fused-ring (bicyclic) bond motifs is 3. The van der Waals surface area contributed by atoms with Gasteiger partial charge in [-0.25, -0.2) is 0 Å². The van der Waals surface area contributed by atoms with Gasteiger partial charge in [-0.15, -0.1) is 24.8 Å². The molecule has 0 atom stereocenters. The van der Waals surface area contributed by atoms with Crippen molar-refractivity contribution in [3.63, 3.8) is 0 Å². The smallest absolute Gasteiger partial charge is 0.228 e. The first kappa shape index (κ1) is 26.2. The van der Waals surface area contributed by atoms with E-state index < -0.39 is 0 Å². The van der Waals surface area contributed by atoms with Crippen LogP contribution in [0.2, 0.25) is 0 Å². The van der Waals surface area contributed by atoms with E-state index in [1.807, 2.05) is 44.4 Å². The maximum absolute atomic E-state index is 12.8. The number of nitrogens with zero attached hydrogens (tertiary/aromatic N) is 2. The average molecular weight is 455 g/mol. The topological polar surface area (TPSA) is 42.0 Å². The molecule has 0 N–H and O–H groups in total. The average Bonchev–Trinajstić information content (AvgIpc) is 3.02. The van der Waals surface area contributed by atoms with Gasteiger partial charge in [0.2, 0.25) is 5.78 Å². The molecule has 0 aromatic heterocycles. The van der Waals surface area contributed by atoms with Crippen molar-refractivity contribution in [2.24, 2.45) is 0 Å². The first-order valence-electron chi connectivity index (χ1n) is 9.84. The van der Waals surface area contributed by atoms with Gasteiger partial charge in [-0.3, -0.25) is 4.79 Å². The van der Waals surface area contributed by atoms with Gasteiger partial charge in [-0.1, -0.05) is 6.07 Å². The molecule has 0 spiro atoms. The lowest BCUT2D eigenvalue weighted by Crippen LogP contribution is -2.17. The molecule has 7 heteroatoms. The van der Waals surface area contributed by atoms with Crippen LogP contribution in [0.1, 0.15) is 24.0 Å². The summed E-state index contributed by atoms with van der Waals surface area (Å²) in [6.07, 6.45) is 7.60. The molecule has 0 saturated heterocycles. The molecule has 0 unspecified atom stereocenters. The summed E-state index contributed by atoms with van der Waals surface area (Å²) in [6.45, 7) is 3.17. The predicted molar refractivity (Wildman–Crippen MR) is 128 cm³/mol. The number of benzene rings is 1. The van der Waals surface area contributed by atoms with Gasteiger partial charge in [-0.2, -0.15) is 0 Å². The van der Waals surface area contributed by atoms with E-state index in [0.29, 0.717) is 24.5 Å². The van der Waals surface area contributed by atoms with E-state index in [2.05, 4.69) is 23.9 Å². The summed E-state index contributed by atoms with van der Waals surface area (Å²) < 4.78 is 11.6. The van der Waals surface area contributed by atoms with Crippen LogP contribution >= 0.6 is 24.8 Å². The van der Waals surface area contributed by atoms with Gasteiger partial charge >= 0.3 is 0 Å².